The number of rotatable bonds is 4. The molecule has 1 aliphatic rings. The third kappa shape index (κ3) is 4.60. The Morgan fingerprint density at radius 3 is 2.67 bits per heavy atom. The molecule has 1 amide bonds. The standard InChI is InChI=1S/C25H28BrN3O/c1-16(2)29-23-10-9-18(12-22(23)17(3)14-25(29,4)5)11-19(15-27)24(30)28-21-8-6-7-20(26)13-21/h6-13,16-17H,14H2,1-5H3,(H,28,30)/b19-11-/t17-/m0/s1. The molecule has 3 rings (SSSR count). The lowest BCUT2D eigenvalue weighted by Gasteiger charge is -2.50. The van der Waals surface area contributed by atoms with E-state index in [1.165, 1.54) is 11.3 Å². The van der Waals surface area contributed by atoms with Crippen molar-refractivity contribution >= 4 is 39.3 Å². The fraction of sp³-hybridized carbons (Fsp3) is 0.360. The van der Waals surface area contributed by atoms with Gasteiger partial charge in [0.2, 0.25) is 0 Å². The number of nitrogens with one attached hydrogen (secondary N) is 1. The van der Waals surface area contributed by atoms with E-state index in [-0.39, 0.29) is 11.1 Å². The van der Waals surface area contributed by atoms with E-state index in [2.05, 4.69) is 72.9 Å². The van der Waals surface area contributed by atoms with Crippen LogP contribution in [0.4, 0.5) is 11.4 Å². The topological polar surface area (TPSA) is 56.1 Å². The molecule has 1 N–H and O–H groups in total. The molecule has 0 saturated heterocycles. The zero-order valence-corrected chi connectivity index (χ0v) is 19.7. The molecule has 0 radical (unpaired) electrons. The molecule has 2 aromatic carbocycles. The largest absolute Gasteiger partial charge is 0.364 e. The Labute approximate surface area is 187 Å². The molecule has 0 bridgehead atoms. The Bertz CT molecular complexity index is 1030. The first kappa shape index (κ1) is 22.1. The lowest BCUT2D eigenvalue weighted by molar-refractivity contribution is -0.112. The number of amides is 1. The van der Waals surface area contributed by atoms with E-state index in [1.54, 1.807) is 18.2 Å². The highest BCUT2D eigenvalue weighted by atomic mass is 79.9. The van der Waals surface area contributed by atoms with E-state index >= 15 is 0 Å². The van der Waals surface area contributed by atoms with Crippen molar-refractivity contribution in [1.29, 1.82) is 5.26 Å². The van der Waals surface area contributed by atoms with Crippen molar-refractivity contribution in [2.45, 2.75) is 58.5 Å². The summed E-state index contributed by atoms with van der Waals surface area (Å²) < 4.78 is 0.865. The monoisotopic (exact) mass is 465 g/mol. The SMILES string of the molecule is CC(C)N1c2ccc(/C=C(/C#N)C(=O)Nc3cccc(Br)c3)cc2[C@@H](C)CC1(C)C. The molecule has 0 spiro atoms. The Morgan fingerprint density at radius 2 is 2.03 bits per heavy atom. The summed E-state index contributed by atoms with van der Waals surface area (Å²) >= 11 is 3.39. The minimum atomic E-state index is -0.411. The molecule has 30 heavy (non-hydrogen) atoms. The second-order valence-electron chi connectivity index (χ2n) is 8.83. The van der Waals surface area contributed by atoms with Crippen LogP contribution in [0.1, 0.15) is 58.1 Å². The first-order chi connectivity index (χ1) is 14.1. The lowest BCUT2D eigenvalue weighted by Crippen LogP contribution is -2.51. The molecule has 0 saturated carbocycles. The second kappa shape index (κ2) is 8.65. The number of fused-ring (bicyclic) bond motifs is 1. The molecule has 0 aromatic heterocycles. The lowest BCUT2D eigenvalue weighted by atomic mass is 9.79. The summed E-state index contributed by atoms with van der Waals surface area (Å²) in [6.07, 6.45) is 2.72. The minimum Gasteiger partial charge on any atom is -0.364 e. The molecule has 0 unspecified atom stereocenters. The van der Waals surface area contributed by atoms with Crippen LogP contribution >= 0.6 is 15.9 Å². The number of carbonyl (C=O) groups excluding carboxylic acids is 1. The van der Waals surface area contributed by atoms with Gasteiger partial charge in [-0.3, -0.25) is 4.79 Å². The van der Waals surface area contributed by atoms with Gasteiger partial charge in [0.05, 0.1) is 0 Å². The fourth-order valence-corrected chi connectivity index (χ4v) is 5.02. The van der Waals surface area contributed by atoms with E-state index in [9.17, 15) is 10.1 Å². The summed E-state index contributed by atoms with van der Waals surface area (Å²) in [6.45, 7) is 11.3. The quantitative estimate of drug-likeness (QED) is 0.414. The molecular formula is C25H28BrN3O. The number of nitriles is 1. The first-order valence-electron chi connectivity index (χ1n) is 10.2. The van der Waals surface area contributed by atoms with E-state index in [1.807, 2.05) is 24.3 Å². The van der Waals surface area contributed by atoms with E-state index < -0.39 is 5.91 Å². The van der Waals surface area contributed by atoms with E-state index in [0.29, 0.717) is 17.6 Å². The predicted molar refractivity (Wildman–Crippen MR) is 128 cm³/mol. The van der Waals surface area contributed by atoms with Crippen LogP contribution in [0.3, 0.4) is 0 Å². The maximum atomic E-state index is 12.6. The molecule has 1 heterocycles. The van der Waals surface area contributed by atoms with Crippen LogP contribution < -0.4 is 10.2 Å². The molecule has 4 nitrogen and oxygen atoms in total. The Hall–Kier alpha value is -2.58. The summed E-state index contributed by atoms with van der Waals surface area (Å²) in [6, 6.07) is 16.0. The predicted octanol–water partition coefficient (Wildman–Crippen LogP) is 6.50. The van der Waals surface area contributed by atoms with Gasteiger partial charge in [-0.05, 0) is 87.6 Å². The molecule has 1 atom stereocenters. The maximum absolute atomic E-state index is 12.6. The molecule has 2 aromatic rings. The summed E-state index contributed by atoms with van der Waals surface area (Å²) in [5, 5.41) is 12.4. The van der Waals surface area contributed by atoms with Crippen LogP contribution in [0.15, 0.2) is 52.5 Å². The van der Waals surface area contributed by atoms with Crippen molar-refractivity contribution in [3.63, 3.8) is 0 Å². The van der Waals surface area contributed by atoms with E-state index in [0.717, 1.165) is 16.5 Å². The van der Waals surface area contributed by atoms with Gasteiger partial charge in [0, 0.05) is 27.4 Å². The highest BCUT2D eigenvalue weighted by Crippen LogP contribution is 2.44. The van der Waals surface area contributed by atoms with Gasteiger partial charge in [0.15, 0.2) is 0 Å². The summed E-state index contributed by atoms with van der Waals surface area (Å²) in [4.78, 5) is 15.1. The van der Waals surface area contributed by atoms with E-state index in [4.69, 9.17) is 0 Å². The number of hydrogen-bond acceptors (Lipinski definition) is 3. The highest BCUT2D eigenvalue weighted by molar-refractivity contribution is 9.10. The smallest absolute Gasteiger partial charge is 0.266 e. The van der Waals surface area contributed by atoms with Crippen LogP contribution in [0, 0.1) is 11.3 Å². The highest BCUT2D eigenvalue weighted by Gasteiger charge is 2.37. The van der Waals surface area contributed by atoms with Crippen LogP contribution in [0.25, 0.3) is 6.08 Å². The van der Waals surface area contributed by atoms with Gasteiger partial charge < -0.3 is 10.2 Å². The molecule has 1 aliphatic heterocycles. The first-order valence-corrected chi connectivity index (χ1v) is 11.0. The zero-order valence-electron chi connectivity index (χ0n) is 18.2. The molecule has 0 fully saturated rings. The third-order valence-electron chi connectivity index (χ3n) is 5.57. The number of benzene rings is 2. The zero-order chi connectivity index (χ0) is 22.1. The van der Waals surface area contributed by atoms with Crippen molar-refractivity contribution < 1.29 is 4.79 Å². The molecule has 0 aliphatic carbocycles. The second-order valence-corrected chi connectivity index (χ2v) is 9.75. The maximum Gasteiger partial charge on any atom is 0.266 e. The van der Waals surface area contributed by atoms with Crippen molar-refractivity contribution in [1.82, 2.24) is 0 Å². The number of halogens is 1. The van der Waals surface area contributed by atoms with Gasteiger partial charge in [-0.2, -0.15) is 5.26 Å². The van der Waals surface area contributed by atoms with Crippen molar-refractivity contribution in [2.75, 3.05) is 10.2 Å². The Balaban J connectivity index is 1.92. The average Bonchev–Trinajstić information content (AvgIpc) is 2.65. The van der Waals surface area contributed by atoms with Gasteiger partial charge in [-0.1, -0.05) is 35.0 Å². The molecular weight excluding hydrogens is 438 g/mol. The van der Waals surface area contributed by atoms with Crippen LogP contribution in [0.2, 0.25) is 0 Å². The van der Waals surface area contributed by atoms with Crippen LogP contribution in [-0.2, 0) is 4.79 Å². The van der Waals surface area contributed by atoms with Gasteiger partial charge in [-0.25, -0.2) is 0 Å². The summed E-state index contributed by atoms with van der Waals surface area (Å²) in [7, 11) is 0. The van der Waals surface area contributed by atoms with Gasteiger partial charge in [0.1, 0.15) is 11.6 Å². The van der Waals surface area contributed by atoms with Crippen LogP contribution in [0.5, 0.6) is 0 Å². The molecule has 5 heteroatoms. The summed E-state index contributed by atoms with van der Waals surface area (Å²) in [5.41, 5.74) is 4.18. The summed E-state index contributed by atoms with van der Waals surface area (Å²) in [5.74, 6) is -0.00862. The number of nitrogens with zero attached hydrogens (tertiary/aromatic N) is 2. The van der Waals surface area contributed by atoms with Gasteiger partial charge in [-0.15, -0.1) is 0 Å². The molecule has 156 valence electrons. The number of hydrogen-bond donors (Lipinski definition) is 1. The normalized spacial score (nSPS) is 18.0. The number of anilines is 2. The number of carbonyl (C=O) groups is 1. The van der Waals surface area contributed by atoms with Gasteiger partial charge >= 0.3 is 0 Å². The van der Waals surface area contributed by atoms with Crippen molar-refractivity contribution in [3.8, 4) is 6.07 Å². The average molecular weight is 466 g/mol. The Morgan fingerprint density at radius 1 is 1.30 bits per heavy atom. The Kier molecular flexibility index (Phi) is 6.38. The third-order valence-corrected chi connectivity index (χ3v) is 6.07. The van der Waals surface area contributed by atoms with Crippen LogP contribution in [-0.4, -0.2) is 17.5 Å². The van der Waals surface area contributed by atoms with Crippen molar-refractivity contribution in [2.24, 2.45) is 0 Å². The van der Waals surface area contributed by atoms with Crippen molar-refractivity contribution in [3.05, 3.63) is 63.6 Å². The minimum absolute atomic E-state index is 0.0828. The fourth-order valence-electron chi connectivity index (χ4n) is 4.62. The van der Waals surface area contributed by atoms with Gasteiger partial charge in [0.25, 0.3) is 5.91 Å².